The molecule has 0 radical (unpaired) electrons. The van der Waals surface area contributed by atoms with Gasteiger partial charge in [0.25, 0.3) is 5.91 Å². The van der Waals surface area contributed by atoms with Crippen LogP contribution >= 0.6 is 0 Å². The van der Waals surface area contributed by atoms with Gasteiger partial charge in [0.2, 0.25) is 0 Å². The zero-order valence-corrected chi connectivity index (χ0v) is 11.8. The van der Waals surface area contributed by atoms with Crippen LogP contribution in [0.25, 0.3) is 0 Å². The Kier molecular flexibility index (Phi) is 4.85. The summed E-state index contributed by atoms with van der Waals surface area (Å²) in [7, 11) is 0. The lowest BCUT2D eigenvalue weighted by Gasteiger charge is -2.07. The van der Waals surface area contributed by atoms with E-state index in [2.05, 4.69) is 22.5 Å². The quantitative estimate of drug-likeness (QED) is 0.877. The molecule has 0 unspecified atom stereocenters. The molecular formula is C16H19N3O. The van der Waals surface area contributed by atoms with E-state index in [0.717, 1.165) is 24.5 Å². The van der Waals surface area contributed by atoms with Crippen LogP contribution in [-0.4, -0.2) is 17.4 Å². The molecule has 0 aliphatic heterocycles. The molecule has 0 aliphatic carbocycles. The maximum atomic E-state index is 12.0. The van der Waals surface area contributed by atoms with Crippen LogP contribution in [0.4, 0.5) is 5.69 Å². The van der Waals surface area contributed by atoms with Crippen LogP contribution in [0.3, 0.4) is 0 Å². The summed E-state index contributed by atoms with van der Waals surface area (Å²) in [6.07, 6.45) is 1.59. The first-order chi connectivity index (χ1) is 9.69. The number of aryl methyl sites for hydroxylation is 1. The second kappa shape index (κ2) is 6.82. The highest BCUT2D eigenvalue weighted by Crippen LogP contribution is 2.11. The Morgan fingerprint density at radius 2 is 1.90 bits per heavy atom. The molecule has 0 atom stereocenters. The maximum Gasteiger partial charge on any atom is 0.257 e. The van der Waals surface area contributed by atoms with Crippen LogP contribution in [0.15, 0.2) is 42.6 Å². The Labute approximate surface area is 119 Å². The van der Waals surface area contributed by atoms with Crippen molar-refractivity contribution in [3.8, 4) is 0 Å². The molecule has 0 bridgehead atoms. The zero-order chi connectivity index (χ0) is 14.4. The van der Waals surface area contributed by atoms with Crippen molar-refractivity contribution in [2.24, 2.45) is 0 Å². The van der Waals surface area contributed by atoms with Crippen LogP contribution in [0.1, 0.15) is 28.5 Å². The van der Waals surface area contributed by atoms with E-state index in [1.54, 1.807) is 12.3 Å². The number of hydrogen-bond donors (Lipinski definition) is 2. The summed E-state index contributed by atoms with van der Waals surface area (Å²) < 4.78 is 0. The molecule has 104 valence electrons. The largest absolute Gasteiger partial charge is 0.322 e. The third kappa shape index (κ3) is 3.90. The summed E-state index contributed by atoms with van der Waals surface area (Å²) in [5, 5.41) is 6.12. The second-order valence-electron chi connectivity index (χ2n) is 4.62. The number of hydrogen-bond acceptors (Lipinski definition) is 3. The Morgan fingerprint density at radius 1 is 1.15 bits per heavy atom. The molecule has 2 rings (SSSR count). The first-order valence-corrected chi connectivity index (χ1v) is 6.72. The van der Waals surface area contributed by atoms with Gasteiger partial charge in [0.05, 0.1) is 5.56 Å². The lowest BCUT2D eigenvalue weighted by atomic mass is 10.2. The number of nitrogens with one attached hydrogen (secondary N) is 2. The van der Waals surface area contributed by atoms with E-state index in [1.807, 2.05) is 37.3 Å². The van der Waals surface area contributed by atoms with Gasteiger partial charge < -0.3 is 10.6 Å². The average Bonchev–Trinajstić information content (AvgIpc) is 2.47. The van der Waals surface area contributed by atoms with E-state index in [1.165, 1.54) is 5.56 Å². The highest BCUT2D eigenvalue weighted by atomic mass is 16.1. The number of benzene rings is 1. The van der Waals surface area contributed by atoms with Gasteiger partial charge in [-0.3, -0.25) is 9.78 Å². The minimum absolute atomic E-state index is 0.142. The molecule has 0 aliphatic rings. The number of aromatic nitrogens is 1. The first-order valence-electron chi connectivity index (χ1n) is 6.72. The lowest BCUT2D eigenvalue weighted by molar-refractivity contribution is 0.102. The fraction of sp³-hybridized carbons (Fsp3) is 0.250. The molecule has 2 aromatic rings. The molecule has 0 fully saturated rings. The maximum absolute atomic E-state index is 12.0. The molecule has 4 nitrogen and oxygen atoms in total. The van der Waals surface area contributed by atoms with Crippen LogP contribution in [0.2, 0.25) is 0 Å². The van der Waals surface area contributed by atoms with Gasteiger partial charge in [-0.2, -0.15) is 0 Å². The number of rotatable bonds is 5. The molecule has 2 N–H and O–H groups in total. The van der Waals surface area contributed by atoms with Gasteiger partial charge in [-0.15, -0.1) is 0 Å². The highest BCUT2D eigenvalue weighted by Gasteiger charge is 2.06. The van der Waals surface area contributed by atoms with Gasteiger partial charge in [-0.05, 0) is 43.3 Å². The molecule has 1 aromatic carbocycles. The number of nitrogens with zero attached hydrogens (tertiary/aromatic N) is 1. The number of carbonyl (C=O) groups is 1. The fourth-order valence-electron chi connectivity index (χ4n) is 1.78. The summed E-state index contributed by atoms with van der Waals surface area (Å²) in [5.74, 6) is -0.142. The molecule has 4 heteroatoms. The summed E-state index contributed by atoms with van der Waals surface area (Å²) in [5.41, 5.74) is 3.44. The Hall–Kier alpha value is -2.20. The summed E-state index contributed by atoms with van der Waals surface area (Å²) >= 11 is 0. The molecule has 1 amide bonds. The molecule has 0 saturated carbocycles. The van der Waals surface area contributed by atoms with Crippen molar-refractivity contribution in [3.63, 3.8) is 0 Å². The van der Waals surface area contributed by atoms with E-state index in [4.69, 9.17) is 0 Å². The molecule has 0 saturated heterocycles. The van der Waals surface area contributed by atoms with Gasteiger partial charge in [-0.25, -0.2) is 0 Å². The highest BCUT2D eigenvalue weighted by molar-refractivity contribution is 6.04. The predicted molar refractivity (Wildman–Crippen MR) is 80.7 cm³/mol. The van der Waals surface area contributed by atoms with Gasteiger partial charge in [0, 0.05) is 24.1 Å². The molecule has 1 aromatic heterocycles. The standard InChI is InChI=1S/C16H19N3O/c1-3-17-10-13-5-8-15(9-6-13)19-16(20)14-7-4-12(2)18-11-14/h4-9,11,17H,3,10H2,1-2H3,(H,19,20). The van der Waals surface area contributed by atoms with Crippen molar-refractivity contribution in [2.75, 3.05) is 11.9 Å². The second-order valence-corrected chi connectivity index (χ2v) is 4.62. The van der Waals surface area contributed by atoms with Crippen molar-refractivity contribution in [2.45, 2.75) is 20.4 Å². The normalized spacial score (nSPS) is 10.3. The Balaban J connectivity index is 1.99. The van der Waals surface area contributed by atoms with Gasteiger partial charge in [0.15, 0.2) is 0 Å². The first kappa shape index (κ1) is 14.2. The molecular weight excluding hydrogens is 250 g/mol. The Morgan fingerprint density at radius 3 is 2.50 bits per heavy atom. The number of carbonyl (C=O) groups excluding carboxylic acids is 1. The molecule has 1 heterocycles. The summed E-state index contributed by atoms with van der Waals surface area (Å²) in [6, 6.07) is 11.4. The van der Waals surface area contributed by atoms with Crippen molar-refractivity contribution in [1.82, 2.24) is 10.3 Å². The lowest BCUT2D eigenvalue weighted by Crippen LogP contribution is -2.13. The van der Waals surface area contributed by atoms with Crippen LogP contribution < -0.4 is 10.6 Å². The summed E-state index contributed by atoms with van der Waals surface area (Å²) in [4.78, 5) is 16.1. The van der Waals surface area contributed by atoms with E-state index in [0.29, 0.717) is 5.56 Å². The van der Waals surface area contributed by atoms with Crippen LogP contribution in [0.5, 0.6) is 0 Å². The van der Waals surface area contributed by atoms with E-state index in [9.17, 15) is 4.79 Å². The monoisotopic (exact) mass is 269 g/mol. The third-order valence-corrected chi connectivity index (χ3v) is 2.96. The minimum atomic E-state index is -0.142. The van der Waals surface area contributed by atoms with E-state index < -0.39 is 0 Å². The van der Waals surface area contributed by atoms with Crippen molar-refractivity contribution >= 4 is 11.6 Å². The number of pyridine rings is 1. The molecule has 20 heavy (non-hydrogen) atoms. The van der Waals surface area contributed by atoms with Crippen LogP contribution in [-0.2, 0) is 6.54 Å². The van der Waals surface area contributed by atoms with E-state index in [-0.39, 0.29) is 5.91 Å². The van der Waals surface area contributed by atoms with Gasteiger partial charge in [-0.1, -0.05) is 19.1 Å². The minimum Gasteiger partial charge on any atom is -0.322 e. The smallest absolute Gasteiger partial charge is 0.257 e. The van der Waals surface area contributed by atoms with Crippen LogP contribution in [0, 0.1) is 6.92 Å². The average molecular weight is 269 g/mol. The Bertz CT molecular complexity index is 561. The predicted octanol–water partition coefficient (Wildman–Crippen LogP) is 2.75. The van der Waals surface area contributed by atoms with Crippen molar-refractivity contribution in [1.29, 1.82) is 0 Å². The van der Waals surface area contributed by atoms with Crippen molar-refractivity contribution in [3.05, 3.63) is 59.4 Å². The van der Waals surface area contributed by atoms with E-state index >= 15 is 0 Å². The molecule has 0 spiro atoms. The zero-order valence-electron chi connectivity index (χ0n) is 11.8. The third-order valence-electron chi connectivity index (χ3n) is 2.96. The number of anilines is 1. The van der Waals surface area contributed by atoms with Gasteiger partial charge >= 0.3 is 0 Å². The van der Waals surface area contributed by atoms with Gasteiger partial charge in [0.1, 0.15) is 0 Å². The topological polar surface area (TPSA) is 54.0 Å². The number of amides is 1. The fourth-order valence-corrected chi connectivity index (χ4v) is 1.78. The summed E-state index contributed by atoms with van der Waals surface area (Å²) in [6.45, 7) is 5.75. The SMILES string of the molecule is CCNCc1ccc(NC(=O)c2ccc(C)nc2)cc1. The van der Waals surface area contributed by atoms with Crippen molar-refractivity contribution < 1.29 is 4.79 Å².